The number of pyridine rings is 1. The molecule has 0 amide bonds. The van der Waals surface area contributed by atoms with Crippen LogP contribution in [-0.2, 0) is 4.74 Å². The van der Waals surface area contributed by atoms with Gasteiger partial charge < -0.3 is 9.84 Å². The van der Waals surface area contributed by atoms with E-state index in [0.29, 0.717) is 0 Å². The van der Waals surface area contributed by atoms with Gasteiger partial charge in [0.15, 0.2) is 0 Å². The number of hydrogen-bond acceptors (Lipinski definition) is 3. The van der Waals surface area contributed by atoms with Crippen LogP contribution in [0.3, 0.4) is 0 Å². The largest absolute Gasteiger partial charge is 0.386 e. The molecule has 0 fully saturated rings. The van der Waals surface area contributed by atoms with Crippen molar-refractivity contribution in [2.24, 2.45) is 0 Å². The van der Waals surface area contributed by atoms with E-state index in [0.717, 1.165) is 16.5 Å². The lowest BCUT2D eigenvalue weighted by molar-refractivity contribution is -0.0493. The van der Waals surface area contributed by atoms with Gasteiger partial charge in [0, 0.05) is 17.1 Å². The van der Waals surface area contributed by atoms with Crippen LogP contribution in [0.2, 0.25) is 0 Å². The number of rotatable bonds is 3. The quantitative estimate of drug-likeness (QED) is 0.903. The minimum atomic E-state index is -0.650. The zero-order valence-electron chi connectivity index (χ0n) is 11.1. The van der Waals surface area contributed by atoms with Crippen molar-refractivity contribution in [2.75, 3.05) is 6.61 Å². The van der Waals surface area contributed by atoms with Crippen LogP contribution in [0.5, 0.6) is 0 Å². The van der Waals surface area contributed by atoms with Gasteiger partial charge >= 0.3 is 0 Å². The molecule has 0 radical (unpaired) electrons. The number of fused-ring (bicyclic) bond motifs is 1. The molecule has 2 rings (SSSR count). The number of ether oxygens (including phenoxy) is 1. The van der Waals surface area contributed by atoms with E-state index in [4.69, 9.17) is 4.74 Å². The summed E-state index contributed by atoms with van der Waals surface area (Å²) in [6, 6.07) is 9.70. The zero-order valence-corrected chi connectivity index (χ0v) is 11.1. The summed E-state index contributed by atoms with van der Waals surface area (Å²) in [7, 11) is 0. The Morgan fingerprint density at radius 3 is 2.67 bits per heavy atom. The first kappa shape index (κ1) is 13.0. The van der Waals surface area contributed by atoms with Gasteiger partial charge in [-0.05, 0) is 26.8 Å². The number of para-hydroxylation sites is 1. The van der Waals surface area contributed by atoms with Crippen molar-refractivity contribution in [3.63, 3.8) is 0 Å². The Balaban J connectivity index is 2.25. The van der Waals surface area contributed by atoms with Gasteiger partial charge in [0.25, 0.3) is 0 Å². The fraction of sp³-hybridized carbons (Fsp3) is 0.400. The summed E-state index contributed by atoms with van der Waals surface area (Å²) in [5.74, 6) is 0. The zero-order chi connectivity index (χ0) is 13.2. The van der Waals surface area contributed by atoms with Gasteiger partial charge in [0.05, 0.1) is 17.7 Å². The third-order valence-electron chi connectivity index (χ3n) is 2.70. The minimum absolute atomic E-state index is 0.251. The summed E-state index contributed by atoms with van der Waals surface area (Å²) in [4.78, 5) is 4.33. The lowest BCUT2D eigenvalue weighted by Crippen LogP contribution is -2.22. The Morgan fingerprint density at radius 2 is 1.94 bits per heavy atom. The minimum Gasteiger partial charge on any atom is -0.386 e. The van der Waals surface area contributed by atoms with E-state index >= 15 is 0 Å². The summed E-state index contributed by atoms with van der Waals surface area (Å²) in [5, 5.41) is 11.2. The average molecular weight is 245 g/mol. The van der Waals surface area contributed by atoms with E-state index in [-0.39, 0.29) is 12.2 Å². The number of aliphatic hydroxyl groups excluding tert-OH is 1. The van der Waals surface area contributed by atoms with Crippen molar-refractivity contribution >= 4 is 10.9 Å². The van der Waals surface area contributed by atoms with Crippen molar-refractivity contribution in [1.82, 2.24) is 4.98 Å². The molecule has 0 bridgehead atoms. The van der Waals surface area contributed by atoms with E-state index in [1.807, 2.05) is 51.1 Å². The molecule has 2 aromatic rings. The number of hydrogen-bond donors (Lipinski definition) is 1. The van der Waals surface area contributed by atoms with Gasteiger partial charge in [-0.25, -0.2) is 0 Å². The van der Waals surface area contributed by atoms with Crippen molar-refractivity contribution in [3.8, 4) is 0 Å². The molecule has 1 aromatic carbocycles. The number of aliphatic hydroxyl groups is 1. The Labute approximate surface area is 107 Å². The van der Waals surface area contributed by atoms with Crippen LogP contribution in [0.25, 0.3) is 10.9 Å². The number of nitrogens with zero attached hydrogens (tertiary/aromatic N) is 1. The molecular formula is C15H19NO2. The first-order valence-corrected chi connectivity index (χ1v) is 6.13. The topological polar surface area (TPSA) is 42.4 Å². The third kappa shape index (κ3) is 3.06. The third-order valence-corrected chi connectivity index (χ3v) is 2.70. The van der Waals surface area contributed by atoms with E-state index in [2.05, 4.69) is 4.98 Å². The van der Waals surface area contributed by atoms with Gasteiger partial charge in [0.2, 0.25) is 0 Å². The smallest absolute Gasteiger partial charge is 0.104 e. The maximum absolute atomic E-state index is 10.2. The molecule has 1 aromatic heterocycles. The number of benzene rings is 1. The van der Waals surface area contributed by atoms with Crippen LogP contribution in [0, 0.1) is 0 Å². The normalized spacial score (nSPS) is 13.8. The first-order chi connectivity index (χ1) is 8.47. The molecule has 0 aliphatic carbocycles. The van der Waals surface area contributed by atoms with E-state index in [1.54, 1.807) is 6.20 Å². The second-order valence-electron chi connectivity index (χ2n) is 5.36. The second kappa shape index (κ2) is 5.04. The summed E-state index contributed by atoms with van der Waals surface area (Å²) in [6.45, 7) is 6.20. The van der Waals surface area contributed by atoms with Crippen LogP contribution >= 0.6 is 0 Å². The second-order valence-corrected chi connectivity index (χ2v) is 5.36. The molecular weight excluding hydrogens is 226 g/mol. The van der Waals surface area contributed by atoms with Crippen LogP contribution in [0.4, 0.5) is 0 Å². The predicted octanol–water partition coefficient (Wildman–Crippen LogP) is 3.08. The van der Waals surface area contributed by atoms with E-state index in [9.17, 15) is 5.11 Å². The lowest BCUT2D eigenvalue weighted by Gasteiger charge is -2.22. The standard InChI is InChI=1S/C15H19NO2/c1-15(2,3)18-10-13(17)12-8-4-6-11-7-5-9-16-14(11)12/h4-9,13,17H,10H2,1-3H3. The highest BCUT2D eigenvalue weighted by Gasteiger charge is 2.16. The highest BCUT2D eigenvalue weighted by Crippen LogP contribution is 2.23. The van der Waals surface area contributed by atoms with Gasteiger partial charge in [-0.15, -0.1) is 0 Å². The fourth-order valence-electron chi connectivity index (χ4n) is 1.82. The van der Waals surface area contributed by atoms with E-state index < -0.39 is 6.10 Å². The molecule has 3 heteroatoms. The van der Waals surface area contributed by atoms with Crippen molar-refractivity contribution in [2.45, 2.75) is 32.5 Å². The van der Waals surface area contributed by atoms with Crippen LogP contribution in [-0.4, -0.2) is 22.3 Å². The summed E-state index contributed by atoms with van der Waals surface area (Å²) < 4.78 is 5.62. The Morgan fingerprint density at radius 1 is 1.22 bits per heavy atom. The number of aromatic nitrogens is 1. The lowest BCUT2D eigenvalue weighted by atomic mass is 10.1. The highest BCUT2D eigenvalue weighted by molar-refractivity contribution is 5.81. The first-order valence-electron chi connectivity index (χ1n) is 6.13. The molecule has 3 nitrogen and oxygen atoms in total. The monoisotopic (exact) mass is 245 g/mol. The Kier molecular flexibility index (Phi) is 3.64. The van der Waals surface area contributed by atoms with Gasteiger partial charge in [-0.2, -0.15) is 0 Å². The summed E-state index contributed by atoms with van der Waals surface area (Å²) >= 11 is 0. The molecule has 0 aliphatic rings. The molecule has 0 aliphatic heterocycles. The van der Waals surface area contributed by atoms with Crippen LogP contribution < -0.4 is 0 Å². The SMILES string of the molecule is CC(C)(C)OCC(O)c1cccc2cccnc12. The van der Waals surface area contributed by atoms with Gasteiger partial charge in [-0.3, -0.25) is 4.98 Å². The van der Waals surface area contributed by atoms with Crippen molar-refractivity contribution < 1.29 is 9.84 Å². The molecule has 1 unspecified atom stereocenters. The molecule has 0 saturated carbocycles. The van der Waals surface area contributed by atoms with Crippen molar-refractivity contribution in [1.29, 1.82) is 0 Å². The predicted molar refractivity (Wildman–Crippen MR) is 72.4 cm³/mol. The van der Waals surface area contributed by atoms with Gasteiger partial charge in [0.1, 0.15) is 6.10 Å². The molecule has 96 valence electrons. The van der Waals surface area contributed by atoms with Crippen LogP contribution in [0.15, 0.2) is 36.5 Å². The summed E-state index contributed by atoms with van der Waals surface area (Å²) in [5.41, 5.74) is 1.40. The molecule has 1 N–H and O–H groups in total. The Hall–Kier alpha value is -1.45. The van der Waals surface area contributed by atoms with Crippen LogP contribution in [0.1, 0.15) is 32.4 Å². The Bertz CT molecular complexity index is 526. The highest BCUT2D eigenvalue weighted by atomic mass is 16.5. The molecule has 1 heterocycles. The maximum Gasteiger partial charge on any atom is 0.104 e. The molecule has 0 saturated heterocycles. The molecule has 0 spiro atoms. The maximum atomic E-state index is 10.2. The molecule has 18 heavy (non-hydrogen) atoms. The van der Waals surface area contributed by atoms with E-state index in [1.165, 1.54) is 0 Å². The van der Waals surface area contributed by atoms with Gasteiger partial charge in [-0.1, -0.05) is 24.3 Å². The molecule has 1 atom stereocenters. The average Bonchev–Trinajstić information content (AvgIpc) is 2.34. The fourth-order valence-corrected chi connectivity index (χ4v) is 1.82. The summed E-state index contributed by atoms with van der Waals surface area (Å²) in [6.07, 6.45) is 1.09. The van der Waals surface area contributed by atoms with Crippen molar-refractivity contribution in [3.05, 3.63) is 42.1 Å².